The van der Waals surface area contributed by atoms with Crippen molar-refractivity contribution in [1.29, 1.82) is 0 Å². The van der Waals surface area contributed by atoms with Crippen molar-refractivity contribution in [2.75, 3.05) is 5.75 Å². The van der Waals surface area contributed by atoms with Crippen molar-refractivity contribution in [3.05, 3.63) is 35.9 Å². The summed E-state index contributed by atoms with van der Waals surface area (Å²) in [6.45, 7) is 2.92. The molecule has 0 saturated carbocycles. The number of benzene rings is 1. The molecule has 0 aliphatic carbocycles. The van der Waals surface area contributed by atoms with Crippen LogP contribution in [0.5, 0.6) is 5.75 Å². The quantitative estimate of drug-likeness (QED) is 0.608. The molecule has 0 amide bonds. The van der Waals surface area contributed by atoms with Gasteiger partial charge < -0.3 is 4.74 Å². The van der Waals surface area contributed by atoms with Crippen LogP contribution in [0.4, 0.5) is 0 Å². The molecule has 17 heavy (non-hydrogen) atoms. The molecular formula is C13H14O3S. The van der Waals surface area contributed by atoms with E-state index < -0.39 is 0 Å². The molecule has 0 atom stereocenters. The van der Waals surface area contributed by atoms with Crippen LogP contribution in [0.25, 0.3) is 6.08 Å². The molecule has 3 nitrogen and oxygen atoms in total. The molecule has 1 aromatic rings. The predicted octanol–water partition coefficient (Wildman–Crippen LogP) is 2.90. The van der Waals surface area contributed by atoms with E-state index in [4.69, 9.17) is 4.74 Å². The number of esters is 1. The van der Waals surface area contributed by atoms with Gasteiger partial charge in [0.05, 0.1) is 0 Å². The molecule has 0 bridgehead atoms. The molecule has 0 aliphatic rings. The van der Waals surface area contributed by atoms with Crippen LogP contribution in [0.2, 0.25) is 0 Å². The van der Waals surface area contributed by atoms with Gasteiger partial charge in [-0.05, 0) is 17.7 Å². The second kappa shape index (κ2) is 6.91. The van der Waals surface area contributed by atoms with E-state index in [1.54, 1.807) is 19.1 Å². The van der Waals surface area contributed by atoms with Crippen LogP contribution in [0.3, 0.4) is 0 Å². The Morgan fingerprint density at radius 3 is 2.41 bits per heavy atom. The molecule has 1 aromatic carbocycles. The molecule has 0 aliphatic heterocycles. The summed E-state index contributed by atoms with van der Waals surface area (Å²) in [5.74, 6) is 0.875. The van der Waals surface area contributed by atoms with E-state index in [1.807, 2.05) is 24.3 Å². The minimum atomic E-state index is -0.328. The van der Waals surface area contributed by atoms with Crippen molar-refractivity contribution >= 4 is 28.9 Å². The highest BCUT2D eigenvalue weighted by Crippen LogP contribution is 2.13. The maximum absolute atomic E-state index is 10.7. The Balaban J connectivity index is 2.50. The average Bonchev–Trinajstić information content (AvgIpc) is 2.25. The lowest BCUT2D eigenvalue weighted by atomic mass is 10.2. The van der Waals surface area contributed by atoms with Crippen LogP contribution in [-0.4, -0.2) is 16.8 Å². The van der Waals surface area contributed by atoms with Gasteiger partial charge in [0.25, 0.3) is 0 Å². The van der Waals surface area contributed by atoms with E-state index in [9.17, 15) is 9.59 Å². The third-order valence-electron chi connectivity index (χ3n) is 1.83. The maximum Gasteiger partial charge on any atom is 0.308 e. The van der Waals surface area contributed by atoms with Crippen LogP contribution >= 0.6 is 11.8 Å². The summed E-state index contributed by atoms with van der Waals surface area (Å²) >= 11 is 1.27. The van der Waals surface area contributed by atoms with Crippen molar-refractivity contribution in [2.24, 2.45) is 0 Å². The second-order valence-electron chi connectivity index (χ2n) is 3.37. The summed E-state index contributed by atoms with van der Waals surface area (Å²) < 4.78 is 4.91. The van der Waals surface area contributed by atoms with E-state index in [0.717, 1.165) is 5.56 Å². The minimum Gasteiger partial charge on any atom is -0.427 e. The first kappa shape index (κ1) is 13.5. The standard InChI is InChI=1S/C13H14O3S/c1-10(14)16-13-7-5-12(6-8-13)4-3-9-17-11(2)15/h3-8H,9H2,1-2H3. The van der Waals surface area contributed by atoms with Crippen LogP contribution in [0, 0.1) is 0 Å². The first-order chi connectivity index (χ1) is 8.08. The van der Waals surface area contributed by atoms with Gasteiger partial charge in [-0.3, -0.25) is 9.59 Å². The van der Waals surface area contributed by atoms with Crippen molar-refractivity contribution in [3.8, 4) is 5.75 Å². The highest BCUT2D eigenvalue weighted by atomic mass is 32.2. The Morgan fingerprint density at radius 2 is 1.88 bits per heavy atom. The van der Waals surface area contributed by atoms with Gasteiger partial charge in [-0.1, -0.05) is 36.0 Å². The lowest BCUT2D eigenvalue weighted by Gasteiger charge is -2.00. The van der Waals surface area contributed by atoms with Crippen molar-refractivity contribution in [2.45, 2.75) is 13.8 Å². The van der Waals surface area contributed by atoms with Crippen LogP contribution in [-0.2, 0) is 9.59 Å². The SMILES string of the molecule is CC(=O)Oc1ccc(C=CCSC(C)=O)cc1. The molecule has 90 valence electrons. The van der Waals surface area contributed by atoms with Gasteiger partial charge >= 0.3 is 5.97 Å². The molecule has 0 fully saturated rings. The minimum absolute atomic E-state index is 0.111. The second-order valence-corrected chi connectivity index (χ2v) is 4.56. The number of rotatable bonds is 4. The highest BCUT2D eigenvalue weighted by Gasteiger charge is 1.96. The zero-order valence-corrected chi connectivity index (χ0v) is 10.6. The van der Waals surface area contributed by atoms with Gasteiger partial charge in [0.1, 0.15) is 5.75 Å². The maximum atomic E-state index is 10.7. The molecule has 0 spiro atoms. The first-order valence-electron chi connectivity index (χ1n) is 5.16. The average molecular weight is 250 g/mol. The van der Waals surface area contributed by atoms with E-state index in [1.165, 1.54) is 18.7 Å². The van der Waals surface area contributed by atoms with Gasteiger partial charge in [-0.25, -0.2) is 0 Å². The van der Waals surface area contributed by atoms with Crippen LogP contribution in [0.1, 0.15) is 19.4 Å². The molecule has 0 unspecified atom stereocenters. The van der Waals surface area contributed by atoms with E-state index in [0.29, 0.717) is 11.5 Å². The molecule has 0 heterocycles. The largest absolute Gasteiger partial charge is 0.427 e. The molecule has 0 aromatic heterocycles. The normalized spacial score (nSPS) is 10.5. The third-order valence-corrected chi connectivity index (χ3v) is 2.60. The zero-order valence-electron chi connectivity index (χ0n) is 9.80. The zero-order chi connectivity index (χ0) is 12.7. The number of carbonyl (C=O) groups is 2. The number of hydrogen-bond donors (Lipinski definition) is 0. The van der Waals surface area contributed by atoms with Crippen molar-refractivity contribution in [1.82, 2.24) is 0 Å². The van der Waals surface area contributed by atoms with E-state index in [2.05, 4.69) is 0 Å². The topological polar surface area (TPSA) is 43.4 Å². The molecule has 0 N–H and O–H groups in total. The highest BCUT2D eigenvalue weighted by molar-refractivity contribution is 8.13. The monoisotopic (exact) mass is 250 g/mol. The Hall–Kier alpha value is -1.55. The smallest absolute Gasteiger partial charge is 0.308 e. The van der Waals surface area contributed by atoms with E-state index in [-0.39, 0.29) is 11.1 Å². The van der Waals surface area contributed by atoms with Crippen LogP contribution in [0.15, 0.2) is 30.3 Å². The molecule has 4 heteroatoms. The molecule has 0 radical (unpaired) electrons. The summed E-state index contributed by atoms with van der Waals surface area (Å²) in [5, 5.41) is 0.111. The number of hydrogen-bond acceptors (Lipinski definition) is 4. The summed E-state index contributed by atoms with van der Waals surface area (Å²) in [5.41, 5.74) is 1.00. The predicted molar refractivity (Wildman–Crippen MR) is 69.9 cm³/mol. The summed E-state index contributed by atoms with van der Waals surface area (Å²) in [6, 6.07) is 7.18. The van der Waals surface area contributed by atoms with E-state index >= 15 is 0 Å². The third kappa shape index (κ3) is 5.92. The molecule has 1 rings (SSSR count). The number of carbonyl (C=O) groups excluding carboxylic acids is 2. The van der Waals surface area contributed by atoms with Crippen LogP contribution < -0.4 is 4.74 Å². The Morgan fingerprint density at radius 1 is 1.24 bits per heavy atom. The summed E-state index contributed by atoms with van der Waals surface area (Å²) in [7, 11) is 0. The Bertz CT molecular complexity index is 421. The fraction of sp³-hybridized carbons (Fsp3) is 0.231. The Kier molecular flexibility index (Phi) is 5.49. The van der Waals surface area contributed by atoms with Crippen molar-refractivity contribution < 1.29 is 14.3 Å². The Labute approximate surface area is 105 Å². The van der Waals surface area contributed by atoms with Gasteiger partial charge in [0, 0.05) is 19.6 Å². The number of thioether (sulfide) groups is 1. The fourth-order valence-electron chi connectivity index (χ4n) is 1.16. The molecule has 0 saturated heterocycles. The lowest BCUT2D eigenvalue weighted by Crippen LogP contribution is -2.00. The lowest BCUT2D eigenvalue weighted by molar-refractivity contribution is -0.131. The van der Waals surface area contributed by atoms with Gasteiger partial charge in [-0.2, -0.15) is 0 Å². The van der Waals surface area contributed by atoms with Crippen molar-refractivity contribution in [3.63, 3.8) is 0 Å². The molecular weight excluding hydrogens is 236 g/mol. The number of ether oxygens (including phenoxy) is 1. The van der Waals surface area contributed by atoms with Gasteiger partial charge in [0.2, 0.25) is 0 Å². The van der Waals surface area contributed by atoms with Gasteiger partial charge in [-0.15, -0.1) is 0 Å². The fourth-order valence-corrected chi connectivity index (χ4v) is 1.59. The first-order valence-corrected chi connectivity index (χ1v) is 6.15. The summed E-state index contributed by atoms with van der Waals surface area (Å²) in [4.78, 5) is 21.4. The summed E-state index contributed by atoms with van der Waals surface area (Å²) in [6.07, 6.45) is 3.85. The van der Waals surface area contributed by atoms with Gasteiger partial charge in [0.15, 0.2) is 5.12 Å².